The number of hydrogen-bond acceptors (Lipinski definition) is 3. The zero-order valence-electron chi connectivity index (χ0n) is 16.1. The summed E-state index contributed by atoms with van der Waals surface area (Å²) in [5.74, 6) is 0.871. The Morgan fingerprint density at radius 2 is 1.72 bits per heavy atom. The van der Waals surface area contributed by atoms with Crippen molar-refractivity contribution in [3.8, 4) is 0 Å². The first-order valence-corrected chi connectivity index (χ1v) is 9.69. The fraction of sp³-hybridized carbons (Fsp3) is 0.833. The minimum atomic E-state index is 0.0898. The molecule has 0 aromatic heterocycles. The van der Waals surface area contributed by atoms with Gasteiger partial charge in [-0.15, -0.1) is 0 Å². The highest BCUT2D eigenvalue weighted by Crippen LogP contribution is 2.17. The third-order valence-electron chi connectivity index (χ3n) is 4.42. The predicted octanol–water partition coefficient (Wildman–Crippen LogP) is 1.25. The molecule has 7 nitrogen and oxygen atoms in total. The molecule has 0 aromatic rings. The molecule has 1 fully saturated rings. The Bertz CT molecular complexity index is 429. The standard InChI is InChI=1S/C18H35N5O2/c1-4-19-18(21-14-12-17(25)23(5-2)6-3)20-13-11-16(24)22-15-9-7-8-10-15/h15H,4-14H2,1-3H3,(H,22,24)(H2,19,20,21). The molecule has 0 spiro atoms. The Balaban J connectivity index is 2.29. The van der Waals surface area contributed by atoms with Crippen LogP contribution in [-0.4, -0.2) is 61.4 Å². The molecular weight excluding hydrogens is 318 g/mol. The van der Waals surface area contributed by atoms with E-state index in [9.17, 15) is 9.59 Å². The second-order valence-corrected chi connectivity index (χ2v) is 6.30. The molecule has 1 saturated carbocycles. The summed E-state index contributed by atoms with van der Waals surface area (Å²) in [5, 5.41) is 9.38. The van der Waals surface area contributed by atoms with Gasteiger partial charge >= 0.3 is 0 Å². The summed E-state index contributed by atoms with van der Waals surface area (Å²) in [6.45, 7) is 9.13. The van der Waals surface area contributed by atoms with Gasteiger partial charge in [-0.25, -0.2) is 0 Å². The van der Waals surface area contributed by atoms with E-state index in [1.165, 1.54) is 12.8 Å². The number of carbonyl (C=O) groups excluding carboxylic acids is 2. The molecule has 3 N–H and O–H groups in total. The van der Waals surface area contributed by atoms with Crippen LogP contribution in [0.25, 0.3) is 0 Å². The van der Waals surface area contributed by atoms with Crippen LogP contribution in [0.1, 0.15) is 59.3 Å². The Labute approximate surface area is 152 Å². The molecule has 2 amide bonds. The van der Waals surface area contributed by atoms with Gasteiger partial charge in [-0.05, 0) is 33.6 Å². The summed E-state index contributed by atoms with van der Waals surface area (Å²) in [4.78, 5) is 30.1. The molecule has 0 aromatic carbocycles. The smallest absolute Gasteiger partial charge is 0.224 e. The van der Waals surface area contributed by atoms with E-state index < -0.39 is 0 Å². The second-order valence-electron chi connectivity index (χ2n) is 6.30. The third kappa shape index (κ3) is 8.74. The van der Waals surface area contributed by atoms with E-state index in [2.05, 4.69) is 20.9 Å². The van der Waals surface area contributed by atoms with E-state index >= 15 is 0 Å². The highest BCUT2D eigenvalue weighted by atomic mass is 16.2. The third-order valence-corrected chi connectivity index (χ3v) is 4.42. The average Bonchev–Trinajstić information content (AvgIpc) is 3.09. The number of carbonyl (C=O) groups is 2. The summed E-state index contributed by atoms with van der Waals surface area (Å²) in [6.07, 6.45) is 5.46. The van der Waals surface area contributed by atoms with Gasteiger partial charge in [0.15, 0.2) is 5.96 Å². The molecule has 0 unspecified atom stereocenters. The molecule has 1 aliphatic carbocycles. The Hall–Kier alpha value is -1.79. The second kappa shape index (κ2) is 12.6. The fourth-order valence-corrected chi connectivity index (χ4v) is 3.00. The first-order valence-electron chi connectivity index (χ1n) is 9.69. The van der Waals surface area contributed by atoms with Crippen LogP contribution in [0.3, 0.4) is 0 Å². The topological polar surface area (TPSA) is 85.8 Å². The van der Waals surface area contributed by atoms with Gasteiger partial charge in [-0.2, -0.15) is 0 Å². The number of aliphatic imine (C=N–C) groups is 1. The molecule has 0 radical (unpaired) electrons. The van der Waals surface area contributed by atoms with Crippen LogP contribution < -0.4 is 16.0 Å². The molecular formula is C18H35N5O2. The number of nitrogens with zero attached hydrogens (tertiary/aromatic N) is 2. The SMILES string of the molecule is CCNC(=NCCC(=O)N(CC)CC)NCCC(=O)NC1CCCC1. The number of rotatable bonds is 10. The van der Waals surface area contributed by atoms with Crippen molar-refractivity contribution in [2.45, 2.75) is 65.3 Å². The molecule has 0 bridgehead atoms. The maximum Gasteiger partial charge on any atom is 0.224 e. The minimum absolute atomic E-state index is 0.0898. The van der Waals surface area contributed by atoms with E-state index in [-0.39, 0.29) is 11.8 Å². The zero-order chi connectivity index (χ0) is 18.5. The van der Waals surface area contributed by atoms with Crippen LogP contribution in [0.5, 0.6) is 0 Å². The number of amides is 2. The normalized spacial score (nSPS) is 15.1. The van der Waals surface area contributed by atoms with Crippen molar-refractivity contribution in [2.75, 3.05) is 32.7 Å². The lowest BCUT2D eigenvalue weighted by Crippen LogP contribution is -2.40. The van der Waals surface area contributed by atoms with E-state index in [1.807, 2.05) is 25.7 Å². The van der Waals surface area contributed by atoms with Crippen LogP contribution in [0.15, 0.2) is 4.99 Å². The summed E-state index contributed by atoms with van der Waals surface area (Å²) >= 11 is 0. The molecule has 0 saturated heterocycles. The van der Waals surface area contributed by atoms with Gasteiger partial charge in [0.2, 0.25) is 11.8 Å². The highest BCUT2D eigenvalue weighted by molar-refractivity contribution is 5.82. The summed E-state index contributed by atoms with van der Waals surface area (Å²) in [5.41, 5.74) is 0. The molecule has 1 aliphatic rings. The zero-order valence-corrected chi connectivity index (χ0v) is 16.1. The van der Waals surface area contributed by atoms with Crippen LogP contribution in [0.2, 0.25) is 0 Å². The van der Waals surface area contributed by atoms with Crippen molar-refractivity contribution in [2.24, 2.45) is 4.99 Å². The summed E-state index contributed by atoms with van der Waals surface area (Å²) in [7, 11) is 0. The van der Waals surface area contributed by atoms with Gasteiger partial charge in [-0.1, -0.05) is 12.8 Å². The predicted molar refractivity (Wildman–Crippen MR) is 102 cm³/mol. The summed E-state index contributed by atoms with van der Waals surface area (Å²) in [6, 6.07) is 0.362. The van der Waals surface area contributed by atoms with Gasteiger partial charge < -0.3 is 20.9 Å². The monoisotopic (exact) mass is 353 g/mol. The highest BCUT2D eigenvalue weighted by Gasteiger charge is 2.16. The molecule has 1 rings (SSSR count). The summed E-state index contributed by atoms with van der Waals surface area (Å²) < 4.78 is 0. The Morgan fingerprint density at radius 3 is 2.32 bits per heavy atom. The molecule has 7 heteroatoms. The fourth-order valence-electron chi connectivity index (χ4n) is 3.00. The van der Waals surface area contributed by atoms with Crippen LogP contribution in [-0.2, 0) is 9.59 Å². The van der Waals surface area contributed by atoms with Crippen molar-refractivity contribution < 1.29 is 9.59 Å². The maximum absolute atomic E-state index is 12.0. The van der Waals surface area contributed by atoms with Crippen molar-refractivity contribution in [3.63, 3.8) is 0 Å². The van der Waals surface area contributed by atoms with Gasteiger partial charge in [0.25, 0.3) is 0 Å². The van der Waals surface area contributed by atoms with Crippen LogP contribution >= 0.6 is 0 Å². The van der Waals surface area contributed by atoms with Gasteiger partial charge in [-0.3, -0.25) is 14.6 Å². The Kier molecular flexibility index (Phi) is 10.7. The van der Waals surface area contributed by atoms with E-state index in [1.54, 1.807) is 0 Å². The lowest BCUT2D eigenvalue weighted by atomic mass is 10.2. The maximum atomic E-state index is 12.0. The number of nitrogens with one attached hydrogen (secondary N) is 3. The van der Waals surface area contributed by atoms with Crippen molar-refractivity contribution in [1.29, 1.82) is 0 Å². The molecule has 0 heterocycles. The van der Waals surface area contributed by atoms with Gasteiger partial charge in [0.05, 0.1) is 6.54 Å². The van der Waals surface area contributed by atoms with Crippen molar-refractivity contribution >= 4 is 17.8 Å². The number of hydrogen-bond donors (Lipinski definition) is 3. The average molecular weight is 354 g/mol. The lowest BCUT2D eigenvalue weighted by molar-refractivity contribution is -0.130. The van der Waals surface area contributed by atoms with Crippen LogP contribution in [0.4, 0.5) is 0 Å². The largest absolute Gasteiger partial charge is 0.357 e. The minimum Gasteiger partial charge on any atom is -0.357 e. The Morgan fingerprint density at radius 1 is 1.04 bits per heavy atom. The van der Waals surface area contributed by atoms with Gasteiger partial charge in [0, 0.05) is 45.1 Å². The first kappa shape index (κ1) is 21.3. The van der Waals surface area contributed by atoms with E-state index in [0.717, 1.165) is 32.5 Å². The quantitative estimate of drug-likeness (QED) is 0.407. The van der Waals surface area contributed by atoms with Crippen molar-refractivity contribution in [1.82, 2.24) is 20.9 Å². The van der Waals surface area contributed by atoms with E-state index in [4.69, 9.17) is 0 Å². The van der Waals surface area contributed by atoms with Crippen molar-refractivity contribution in [3.05, 3.63) is 0 Å². The molecule has 144 valence electrons. The van der Waals surface area contributed by atoms with E-state index in [0.29, 0.717) is 37.9 Å². The van der Waals surface area contributed by atoms with Gasteiger partial charge in [0.1, 0.15) is 0 Å². The first-order chi connectivity index (χ1) is 12.1. The molecule has 25 heavy (non-hydrogen) atoms. The number of guanidine groups is 1. The van der Waals surface area contributed by atoms with Crippen LogP contribution in [0, 0.1) is 0 Å². The molecule has 0 aliphatic heterocycles. The molecule has 0 atom stereocenters. The lowest BCUT2D eigenvalue weighted by Gasteiger charge is -2.18.